The molecule has 4 rings (SSSR count). The Morgan fingerprint density at radius 1 is 1.03 bits per heavy atom. The van der Waals surface area contributed by atoms with E-state index in [1.165, 1.54) is 12.3 Å². The highest BCUT2D eigenvalue weighted by Crippen LogP contribution is 2.30. The van der Waals surface area contributed by atoms with E-state index in [-0.39, 0.29) is 19.0 Å². The number of anilines is 1. The first-order chi connectivity index (χ1) is 15.3. The fourth-order valence-corrected chi connectivity index (χ4v) is 3.26. The number of fused-ring (bicyclic) bond motifs is 1. The highest BCUT2D eigenvalue weighted by atomic mass is 19.4. The van der Waals surface area contributed by atoms with Crippen LogP contribution in [-0.4, -0.2) is 15.9 Å². The molecular formula is C23H19F3N4O2. The van der Waals surface area contributed by atoms with Crippen molar-refractivity contribution in [3.8, 4) is 0 Å². The molecule has 6 nitrogen and oxygen atoms in total. The maximum atomic E-state index is 13.0. The summed E-state index contributed by atoms with van der Waals surface area (Å²) in [6, 6.07) is 14.0. The van der Waals surface area contributed by atoms with Gasteiger partial charge in [0, 0.05) is 11.9 Å². The van der Waals surface area contributed by atoms with Gasteiger partial charge in [-0.3, -0.25) is 4.79 Å². The van der Waals surface area contributed by atoms with Gasteiger partial charge in [0.25, 0.3) is 5.91 Å². The fraction of sp³-hybridized carbons (Fsp3) is 0.174. The molecule has 1 amide bonds. The summed E-state index contributed by atoms with van der Waals surface area (Å²) in [4.78, 5) is 21.3. The summed E-state index contributed by atoms with van der Waals surface area (Å²) >= 11 is 0. The molecular weight excluding hydrogens is 421 g/mol. The Morgan fingerprint density at radius 3 is 2.59 bits per heavy atom. The van der Waals surface area contributed by atoms with Crippen molar-refractivity contribution >= 4 is 22.6 Å². The summed E-state index contributed by atoms with van der Waals surface area (Å²) in [5, 5.41) is 6.58. The van der Waals surface area contributed by atoms with Crippen LogP contribution in [0.1, 0.15) is 33.1 Å². The molecule has 0 atom stereocenters. The summed E-state index contributed by atoms with van der Waals surface area (Å²) in [5.41, 5.74) is 0.835. The zero-order valence-corrected chi connectivity index (χ0v) is 17.0. The number of rotatable bonds is 6. The van der Waals surface area contributed by atoms with Crippen molar-refractivity contribution in [2.24, 2.45) is 0 Å². The Bertz CT molecular complexity index is 1270. The third kappa shape index (κ3) is 4.72. The summed E-state index contributed by atoms with van der Waals surface area (Å²) in [7, 11) is 0. The lowest BCUT2D eigenvalue weighted by molar-refractivity contribution is -0.137. The Hall–Kier alpha value is -3.88. The van der Waals surface area contributed by atoms with Gasteiger partial charge in [0.2, 0.25) is 0 Å². The number of nitrogens with zero attached hydrogens (tertiary/aromatic N) is 2. The van der Waals surface area contributed by atoms with Gasteiger partial charge in [-0.25, -0.2) is 9.97 Å². The molecule has 32 heavy (non-hydrogen) atoms. The van der Waals surface area contributed by atoms with Gasteiger partial charge >= 0.3 is 6.18 Å². The number of para-hydroxylation sites is 1. The van der Waals surface area contributed by atoms with Crippen LogP contribution in [0, 0.1) is 6.92 Å². The number of hydrogen-bond donors (Lipinski definition) is 2. The second-order valence-corrected chi connectivity index (χ2v) is 7.13. The largest absolute Gasteiger partial charge is 0.469 e. The van der Waals surface area contributed by atoms with Crippen LogP contribution in [0.3, 0.4) is 0 Å². The van der Waals surface area contributed by atoms with Crippen LogP contribution >= 0.6 is 0 Å². The van der Waals surface area contributed by atoms with Crippen LogP contribution < -0.4 is 10.6 Å². The van der Waals surface area contributed by atoms with E-state index in [1.54, 1.807) is 25.1 Å². The number of carbonyl (C=O) groups is 1. The van der Waals surface area contributed by atoms with E-state index in [1.807, 2.05) is 18.2 Å². The predicted molar refractivity (Wildman–Crippen MR) is 113 cm³/mol. The van der Waals surface area contributed by atoms with E-state index in [4.69, 9.17) is 4.42 Å². The quantitative estimate of drug-likeness (QED) is 0.437. The molecule has 2 N–H and O–H groups in total. The zero-order chi connectivity index (χ0) is 22.7. The third-order valence-corrected chi connectivity index (χ3v) is 4.87. The van der Waals surface area contributed by atoms with Crippen LogP contribution in [0.15, 0.2) is 65.3 Å². The van der Waals surface area contributed by atoms with Crippen LogP contribution in [0.4, 0.5) is 19.0 Å². The molecule has 0 aliphatic rings. The first-order valence-corrected chi connectivity index (χ1v) is 9.79. The molecule has 2 aromatic carbocycles. The Labute approximate surface area is 181 Å². The molecule has 0 saturated carbocycles. The molecule has 0 aliphatic heterocycles. The van der Waals surface area contributed by atoms with E-state index in [2.05, 4.69) is 20.6 Å². The predicted octanol–water partition coefficient (Wildman–Crippen LogP) is 5.09. The summed E-state index contributed by atoms with van der Waals surface area (Å²) in [6.45, 7) is 1.91. The molecule has 2 heterocycles. The van der Waals surface area contributed by atoms with Gasteiger partial charge in [-0.1, -0.05) is 24.3 Å². The van der Waals surface area contributed by atoms with Gasteiger partial charge in [-0.2, -0.15) is 13.2 Å². The van der Waals surface area contributed by atoms with Crippen molar-refractivity contribution in [1.29, 1.82) is 0 Å². The smallest absolute Gasteiger partial charge is 0.416 e. The zero-order valence-electron chi connectivity index (χ0n) is 17.0. The van der Waals surface area contributed by atoms with Crippen LogP contribution in [0.2, 0.25) is 0 Å². The first-order valence-electron chi connectivity index (χ1n) is 9.79. The van der Waals surface area contributed by atoms with E-state index >= 15 is 0 Å². The minimum Gasteiger partial charge on any atom is -0.469 e. The molecule has 0 spiro atoms. The van der Waals surface area contributed by atoms with Crippen molar-refractivity contribution < 1.29 is 22.4 Å². The number of furan rings is 1. The molecule has 4 aromatic rings. The fourth-order valence-electron chi connectivity index (χ4n) is 3.26. The van der Waals surface area contributed by atoms with Crippen LogP contribution in [-0.2, 0) is 19.3 Å². The molecule has 2 aromatic heterocycles. The number of nitrogens with one attached hydrogen (secondary N) is 2. The van der Waals surface area contributed by atoms with Gasteiger partial charge in [-0.05, 0) is 42.8 Å². The van der Waals surface area contributed by atoms with Gasteiger partial charge in [0.15, 0.2) is 5.82 Å². The molecule has 9 heteroatoms. The molecule has 0 aliphatic carbocycles. The Morgan fingerprint density at radius 2 is 1.84 bits per heavy atom. The normalized spacial score (nSPS) is 11.5. The number of alkyl halides is 3. The Kier molecular flexibility index (Phi) is 5.81. The molecule has 0 saturated heterocycles. The minimum atomic E-state index is -4.41. The second kappa shape index (κ2) is 8.70. The molecule has 0 bridgehead atoms. The number of amides is 1. The number of halogens is 3. The average Bonchev–Trinajstić information content (AvgIpc) is 3.21. The van der Waals surface area contributed by atoms with Crippen molar-refractivity contribution in [1.82, 2.24) is 15.3 Å². The molecule has 164 valence electrons. The highest BCUT2D eigenvalue weighted by Gasteiger charge is 2.30. The highest BCUT2D eigenvalue weighted by molar-refractivity contribution is 5.95. The third-order valence-electron chi connectivity index (χ3n) is 4.87. The lowest BCUT2D eigenvalue weighted by Crippen LogP contribution is -2.24. The standard InChI is InChI=1S/C23H19F3N4O2/c1-14-17(9-10-32-14)22(31)28-13-20-29-19-8-3-2-7-18(19)21(30-20)27-12-15-5-4-6-16(11-15)23(24,25)26/h2-11H,12-13H2,1H3,(H,28,31)(H,27,29,30). The van der Waals surface area contributed by atoms with Gasteiger partial charge < -0.3 is 15.1 Å². The summed E-state index contributed by atoms with van der Waals surface area (Å²) < 4.78 is 44.1. The lowest BCUT2D eigenvalue weighted by Gasteiger charge is -2.13. The molecule has 0 fully saturated rings. The van der Waals surface area contributed by atoms with E-state index < -0.39 is 11.7 Å². The van der Waals surface area contributed by atoms with E-state index in [0.717, 1.165) is 17.5 Å². The summed E-state index contributed by atoms with van der Waals surface area (Å²) in [6.07, 6.45) is -2.97. The monoisotopic (exact) mass is 440 g/mol. The van der Waals surface area contributed by atoms with E-state index in [0.29, 0.717) is 34.0 Å². The van der Waals surface area contributed by atoms with Crippen molar-refractivity contribution in [3.63, 3.8) is 0 Å². The van der Waals surface area contributed by atoms with Gasteiger partial charge in [0.05, 0.1) is 29.5 Å². The average molecular weight is 440 g/mol. The maximum Gasteiger partial charge on any atom is 0.416 e. The SMILES string of the molecule is Cc1occc1C(=O)NCc1nc(NCc2cccc(C(F)(F)F)c2)c2ccccc2n1. The molecule has 0 unspecified atom stereocenters. The number of aromatic nitrogens is 2. The lowest BCUT2D eigenvalue weighted by atomic mass is 10.1. The Balaban J connectivity index is 1.55. The van der Waals surface area contributed by atoms with Crippen molar-refractivity contribution in [3.05, 3.63) is 89.1 Å². The number of carbonyl (C=O) groups excluding carboxylic acids is 1. The van der Waals surface area contributed by atoms with Crippen LogP contribution in [0.25, 0.3) is 10.9 Å². The molecule has 0 radical (unpaired) electrons. The number of aryl methyl sites for hydroxylation is 1. The van der Waals surface area contributed by atoms with Crippen molar-refractivity contribution in [2.75, 3.05) is 5.32 Å². The van der Waals surface area contributed by atoms with Gasteiger partial charge in [-0.15, -0.1) is 0 Å². The number of hydrogen-bond acceptors (Lipinski definition) is 5. The van der Waals surface area contributed by atoms with Crippen molar-refractivity contribution in [2.45, 2.75) is 26.2 Å². The first kappa shape index (κ1) is 21.4. The second-order valence-electron chi connectivity index (χ2n) is 7.13. The topological polar surface area (TPSA) is 80.0 Å². The maximum absolute atomic E-state index is 13.0. The minimum absolute atomic E-state index is 0.0759. The summed E-state index contributed by atoms with van der Waals surface area (Å²) in [5.74, 6) is 1.03. The number of benzene rings is 2. The van der Waals surface area contributed by atoms with Gasteiger partial charge in [0.1, 0.15) is 11.6 Å². The van der Waals surface area contributed by atoms with E-state index in [9.17, 15) is 18.0 Å². The van der Waals surface area contributed by atoms with Crippen LogP contribution in [0.5, 0.6) is 0 Å².